The molecule has 27 heavy (non-hydrogen) atoms. The van der Waals surface area contributed by atoms with Crippen molar-refractivity contribution in [3.05, 3.63) is 57.0 Å². The molecule has 0 aliphatic carbocycles. The molecular weight excluding hydrogens is 378 g/mol. The van der Waals surface area contributed by atoms with Gasteiger partial charge in [0.1, 0.15) is 0 Å². The molecule has 3 aromatic rings. The minimum absolute atomic E-state index is 0.0199. The lowest BCUT2D eigenvalue weighted by Crippen LogP contribution is -2.29. The summed E-state index contributed by atoms with van der Waals surface area (Å²) >= 11 is 2.97. The number of amides is 1. The molecule has 7 heteroatoms. The number of para-hydroxylation sites is 1. The molecule has 0 aliphatic rings. The van der Waals surface area contributed by atoms with Crippen molar-refractivity contribution in [2.75, 3.05) is 12.8 Å². The van der Waals surface area contributed by atoms with E-state index < -0.39 is 0 Å². The number of carbonyl (C=O) groups excluding carboxylic acids is 1. The number of fused-ring (bicyclic) bond motifs is 1. The Morgan fingerprint density at radius 3 is 2.78 bits per heavy atom. The molecule has 5 nitrogen and oxygen atoms in total. The predicted octanol–water partition coefficient (Wildman–Crippen LogP) is 4.18. The molecule has 0 radical (unpaired) electrons. The molecule has 0 fully saturated rings. The molecule has 1 amide bonds. The van der Waals surface area contributed by atoms with Crippen molar-refractivity contribution >= 4 is 39.9 Å². The Kier molecular flexibility index (Phi) is 6.34. The highest BCUT2D eigenvalue weighted by molar-refractivity contribution is 7.99. The van der Waals surface area contributed by atoms with E-state index in [-0.39, 0.29) is 23.3 Å². The van der Waals surface area contributed by atoms with Crippen LogP contribution in [0.2, 0.25) is 0 Å². The largest absolute Gasteiger partial charge is 0.340 e. The summed E-state index contributed by atoms with van der Waals surface area (Å²) < 4.78 is 1.72. The van der Waals surface area contributed by atoms with E-state index in [1.54, 1.807) is 33.9 Å². The van der Waals surface area contributed by atoms with Gasteiger partial charge < -0.3 is 4.90 Å². The molecule has 2 aromatic heterocycles. The summed E-state index contributed by atoms with van der Waals surface area (Å²) in [5, 5.41) is 3.22. The van der Waals surface area contributed by atoms with Gasteiger partial charge in [0.2, 0.25) is 5.91 Å². The summed E-state index contributed by atoms with van der Waals surface area (Å²) in [6, 6.07) is 11.4. The predicted molar refractivity (Wildman–Crippen MR) is 113 cm³/mol. The maximum absolute atomic E-state index is 13.0. The fourth-order valence-corrected chi connectivity index (χ4v) is 4.55. The molecule has 0 saturated carbocycles. The molecule has 3 rings (SSSR count). The van der Waals surface area contributed by atoms with Crippen LogP contribution in [0, 0.1) is 0 Å². The summed E-state index contributed by atoms with van der Waals surface area (Å²) in [4.78, 5) is 33.0. The van der Waals surface area contributed by atoms with Crippen molar-refractivity contribution in [2.45, 2.75) is 38.0 Å². The molecule has 2 heterocycles. The Morgan fingerprint density at radius 1 is 1.30 bits per heavy atom. The number of rotatable bonds is 7. The molecule has 142 valence electrons. The van der Waals surface area contributed by atoms with Crippen LogP contribution in [0.15, 0.2) is 51.7 Å². The highest BCUT2D eigenvalue weighted by Gasteiger charge is 2.18. The summed E-state index contributed by atoms with van der Waals surface area (Å²) in [5.41, 5.74) is 0.626. The molecule has 0 N–H and O–H groups in total. The van der Waals surface area contributed by atoms with Gasteiger partial charge in [0, 0.05) is 18.0 Å². The van der Waals surface area contributed by atoms with Crippen LogP contribution in [-0.2, 0) is 11.3 Å². The normalized spacial score (nSPS) is 12.3. The van der Waals surface area contributed by atoms with Crippen LogP contribution in [0.5, 0.6) is 0 Å². The quantitative estimate of drug-likeness (QED) is 0.440. The van der Waals surface area contributed by atoms with Crippen molar-refractivity contribution in [2.24, 2.45) is 0 Å². The Bertz CT molecular complexity index is 983. The van der Waals surface area contributed by atoms with E-state index in [1.807, 2.05) is 49.6 Å². The van der Waals surface area contributed by atoms with E-state index in [0.29, 0.717) is 22.6 Å². The maximum atomic E-state index is 13.0. The third kappa shape index (κ3) is 4.42. The monoisotopic (exact) mass is 401 g/mol. The van der Waals surface area contributed by atoms with Gasteiger partial charge in [0.25, 0.3) is 5.56 Å². The van der Waals surface area contributed by atoms with Gasteiger partial charge in [-0.1, -0.05) is 36.9 Å². The van der Waals surface area contributed by atoms with Crippen LogP contribution < -0.4 is 5.56 Å². The number of carbonyl (C=O) groups is 1. The first-order valence-corrected chi connectivity index (χ1v) is 10.8. The van der Waals surface area contributed by atoms with Crippen molar-refractivity contribution in [3.8, 4) is 0 Å². The van der Waals surface area contributed by atoms with Crippen LogP contribution in [0.3, 0.4) is 0 Å². The SMILES string of the molecule is CC[C@@H](C)n1c(SCC(=O)N(C)Cc2cccs2)nc2ccccc2c1=O. The fraction of sp³-hybridized carbons (Fsp3) is 0.350. The van der Waals surface area contributed by atoms with Gasteiger partial charge in [-0.15, -0.1) is 11.3 Å². The smallest absolute Gasteiger partial charge is 0.262 e. The second-order valence-corrected chi connectivity index (χ2v) is 8.44. The van der Waals surface area contributed by atoms with Gasteiger partial charge in [-0.3, -0.25) is 14.2 Å². The molecule has 0 spiro atoms. The molecule has 0 bridgehead atoms. The average Bonchev–Trinajstić information content (AvgIpc) is 3.18. The van der Waals surface area contributed by atoms with Gasteiger partial charge in [-0.25, -0.2) is 4.98 Å². The van der Waals surface area contributed by atoms with Crippen LogP contribution >= 0.6 is 23.1 Å². The third-order valence-electron chi connectivity index (χ3n) is 4.53. The van der Waals surface area contributed by atoms with Crippen molar-refractivity contribution in [1.29, 1.82) is 0 Å². The van der Waals surface area contributed by atoms with Gasteiger partial charge in [-0.05, 0) is 36.9 Å². The first-order valence-electron chi connectivity index (χ1n) is 8.91. The first-order chi connectivity index (χ1) is 13.0. The lowest BCUT2D eigenvalue weighted by atomic mass is 10.2. The van der Waals surface area contributed by atoms with E-state index in [4.69, 9.17) is 0 Å². The number of aromatic nitrogens is 2. The van der Waals surface area contributed by atoms with Crippen LogP contribution in [0.4, 0.5) is 0 Å². The topological polar surface area (TPSA) is 55.2 Å². The Labute approximate surface area is 167 Å². The molecular formula is C20H23N3O2S2. The number of benzene rings is 1. The summed E-state index contributed by atoms with van der Waals surface area (Å²) in [6.07, 6.45) is 0.819. The highest BCUT2D eigenvalue weighted by atomic mass is 32.2. The van der Waals surface area contributed by atoms with Gasteiger partial charge in [0.15, 0.2) is 5.16 Å². The standard InChI is InChI=1S/C20H23N3O2S2/c1-4-14(2)23-19(25)16-9-5-6-10-17(16)21-20(23)27-13-18(24)22(3)12-15-8-7-11-26-15/h5-11,14H,4,12-13H2,1-3H3/t14-/m1/s1. The summed E-state index contributed by atoms with van der Waals surface area (Å²) in [5.74, 6) is 0.273. The Morgan fingerprint density at radius 2 is 2.07 bits per heavy atom. The van der Waals surface area contributed by atoms with E-state index in [0.717, 1.165) is 11.3 Å². The van der Waals surface area contributed by atoms with Crippen LogP contribution in [0.25, 0.3) is 10.9 Å². The van der Waals surface area contributed by atoms with Gasteiger partial charge >= 0.3 is 0 Å². The number of hydrogen-bond acceptors (Lipinski definition) is 5. The van der Waals surface area contributed by atoms with Crippen LogP contribution in [-0.4, -0.2) is 33.2 Å². The first kappa shape index (κ1) is 19.6. The van der Waals surface area contributed by atoms with Gasteiger partial charge in [-0.2, -0.15) is 0 Å². The van der Waals surface area contributed by atoms with Crippen LogP contribution in [0.1, 0.15) is 31.2 Å². The molecule has 1 aromatic carbocycles. The van der Waals surface area contributed by atoms with E-state index in [2.05, 4.69) is 4.98 Å². The highest BCUT2D eigenvalue weighted by Crippen LogP contribution is 2.23. The Hall–Kier alpha value is -2.12. The number of hydrogen-bond donors (Lipinski definition) is 0. The van der Waals surface area contributed by atoms with Gasteiger partial charge in [0.05, 0.1) is 23.2 Å². The second kappa shape index (κ2) is 8.71. The lowest BCUT2D eigenvalue weighted by molar-refractivity contribution is -0.127. The Balaban J connectivity index is 1.83. The zero-order valence-corrected chi connectivity index (χ0v) is 17.3. The molecule has 0 unspecified atom stereocenters. The van der Waals surface area contributed by atoms with E-state index in [1.165, 1.54) is 11.8 Å². The third-order valence-corrected chi connectivity index (χ3v) is 6.33. The lowest BCUT2D eigenvalue weighted by Gasteiger charge is -2.19. The van der Waals surface area contributed by atoms with Crippen molar-refractivity contribution in [3.63, 3.8) is 0 Å². The van der Waals surface area contributed by atoms with E-state index in [9.17, 15) is 9.59 Å². The summed E-state index contributed by atoms with van der Waals surface area (Å²) in [7, 11) is 1.80. The second-order valence-electron chi connectivity index (χ2n) is 6.46. The number of nitrogens with zero attached hydrogens (tertiary/aromatic N) is 3. The minimum Gasteiger partial charge on any atom is -0.340 e. The van der Waals surface area contributed by atoms with Crippen molar-refractivity contribution < 1.29 is 4.79 Å². The number of thiophene rings is 1. The zero-order chi connectivity index (χ0) is 19.4. The maximum Gasteiger partial charge on any atom is 0.262 e. The fourth-order valence-electron chi connectivity index (χ4n) is 2.76. The van der Waals surface area contributed by atoms with E-state index >= 15 is 0 Å². The van der Waals surface area contributed by atoms with Crippen molar-refractivity contribution in [1.82, 2.24) is 14.5 Å². The minimum atomic E-state index is -0.0446. The molecule has 0 aliphatic heterocycles. The summed E-state index contributed by atoms with van der Waals surface area (Å²) in [6.45, 7) is 4.65. The zero-order valence-electron chi connectivity index (χ0n) is 15.7. The molecule has 1 atom stereocenters. The molecule has 0 saturated heterocycles. The average molecular weight is 402 g/mol. The number of thioether (sulfide) groups is 1.